The van der Waals surface area contributed by atoms with Gasteiger partial charge in [0.2, 0.25) is 5.91 Å². The number of nitrogens with one attached hydrogen (secondary N) is 1. The molecule has 0 aliphatic carbocycles. The van der Waals surface area contributed by atoms with Crippen LogP contribution in [0.3, 0.4) is 0 Å². The third-order valence-corrected chi connectivity index (χ3v) is 3.75. The lowest BCUT2D eigenvalue weighted by Gasteiger charge is -2.01. The zero-order valence-corrected chi connectivity index (χ0v) is 13.8. The van der Waals surface area contributed by atoms with Crippen molar-refractivity contribution in [1.29, 1.82) is 0 Å². The molecule has 2 N–H and O–H groups in total. The number of hydrogen-bond donors (Lipinski definition) is 2. The molecule has 128 valence electrons. The van der Waals surface area contributed by atoms with Crippen LogP contribution in [0.4, 0.5) is 0 Å². The summed E-state index contributed by atoms with van der Waals surface area (Å²) in [5.41, 5.74) is 2.70. The SMILES string of the molecule is O=C(CCc1nc(-c2ccccc2)c(-c2ccccc2)o1)NCCO. The second kappa shape index (κ2) is 8.26. The largest absolute Gasteiger partial charge is 0.440 e. The van der Waals surface area contributed by atoms with E-state index < -0.39 is 0 Å². The van der Waals surface area contributed by atoms with E-state index >= 15 is 0 Å². The van der Waals surface area contributed by atoms with Crippen molar-refractivity contribution < 1.29 is 14.3 Å². The van der Waals surface area contributed by atoms with Crippen LogP contribution in [0.1, 0.15) is 12.3 Å². The average molecular weight is 336 g/mol. The maximum Gasteiger partial charge on any atom is 0.220 e. The van der Waals surface area contributed by atoms with Crippen molar-refractivity contribution in [3.63, 3.8) is 0 Å². The number of rotatable bonds is 7. The summed E-state index contributed by atoms with van der Waals surface area (Å²) in [5.74, 6) is 1.10. The summed E-state index contributed by atoms with van der Waals surface area (Å²) in [6.45, 7) is 0.190. The third kappa shape index (κ3) is 4.33. The molecule has 0 aliphatic heterocycles. The van der Waals surface area contributed by atoms with Gasteiger partial charge in [-0.25, -0.2) is 4.98 Å². The molecule has 2 aromatic carbocycles. The number of aliphatic hydroxyl groups is 1. The van der Waals surface area contributed by atoms with Crippen LogP contribution in [0.5, 0.6) is 0 Å². The molecule has 0 fully saturated rings. The van der Waals surface area contributed by atoms with E-state index in [0.29, 0.717) is 18.1 Å². The third-order valence-electron chi connectivity index (χ3n) is 3.75. The Bertz CT molecular complexity index is 756. The summed E-state index contributed by atoms with van der Waals surface area (Å²) in [7, 11) is 0. The Morgan fingerprint density at radius 1 is 1.00 bits per heavy atom. The first-order valence-electron chi connectivity index (χ1n) is 8.26. The van der Waals surface area contributed by atoms with Gasteiger partial charge in [-0.05, 0) is 0 Å². The van der Waals surface area contributed by atoms with Crippen LogP contribution >= 0.6 is 0 Å². The Kier molecular flexibility index (Phi) is 5.59. The summed E-state index contributed by atoms with van der Waals surface area (Å²) in [6, 6.07) is 19.7. The minimum atomic E-state index is -0.130. The number of carbonyl (C=O) groups excluding carboxylic acids is 1. The van der Waals surface area contributed by atoms with Gasteiger partial charge in [0.05, 0.1) is 6.61 Å². The number of oxazole rings is 1. The standard InChI is InChI=1S/C20H20N2O3/c23-14-13-21-17(24)11-12-18-22-19(15-7-3-1-4-8-15)20(25-18)16-9-5-2-6-10-16/h1-10,23H,11-14H2,(H,21,24). The molecule has 0 atom stereocenters. The van der Waals surface area contributed by atoms with Crippen LogP contribution in [0.15, 0.2) is 65.1 Å². The quantitative estimate of drug-likeness (QED) is 0.695. The highest BCUT2D eigenvalue weighted by Crippen LogP contribution is 2.32. The Morgan fingerprint density at radius 2 is 1.64 bits per heavy atom. The molecule has 25 heavy (non-hydrogen) atoms. The van der Waals surface area contributed by atoms with Gasteiger partial charge < -0.3 is 14.8 Å². The number of aromatic nitrogens is 1. The summed E-state index contributed by atoms with van der Waals surface area (Å²) in [4.78, 5) is 16.3. The number of hydrogen-bond acceptors (Lipinski definition) is 4. The van der Waals surface area contributed by atoms with Gasteiger partial charge in [-0.15, -0.1) is 0 Å². The first-order valence-corrected chi connectivity index (χ1v) is 8.26. The van der Waals surface area contributed by atoms with E-state index in [4.69, 9.17) is 9.52 Å². The topological polar surface area (TPSA) is 75.4 Å². The molecule has 0 spiro atoms. The van der Waals surface area contributed by atoms with Crippen molar-refractivity contribution in [2.45, 2.75) is 12.8 Å². The normalized spacial score (nSPS) is 10.6. The summed E-state index contributed by atoms with van der Waals surface area (Å²) >= 11 is 0. The highest BCUT2D eigenvalue weighted by Gasteiger charge is 2.17. The Labute approximate surface area is 146 Å². The van der Waals surface area contributed by atoms with Gasteiger partial charge in [0.15, 0.2) is 11.7 Å². The monoisotopic (exact) mass is 336 g/mol. The average Bonchev–Trinajstić information content (AvgIpc) is 3.10. The van der Waals surface area contributed by atoms with Crippen molar-refractivity contribution in [1.82, 2.24) is 10.3 Å². The molecule has 5 nitrogen and oxygen atoms in total. The molecule has 1 heterocycles. The molecule has 0 radical (unpaired) electrons. The van der Waals surface area contributed by atoms with E-state index in [1.54, 1.807) is 0 Å². The van der Waals surface area contributed by atoms with Crippen molar-refractivity contribution in [2.24, 2.45) is 0 Å². The number of benzene rings is 2. The highest BCUT2D eigenvalue weighted by atomic mass is 16.4. The first-order chi connectivity index (χ1) is 12.3. The van der Waals surface area contributed by atoms with Crippen molar-refractivity contribution in [2.75, 3.05) is 13.2 Å². The fourth-order valence-electron chi connectivity index (χ4n) is 2.55. The van der Waals surface area contributed by atoms with Crippen molar-refractivity contribution >= 4 is 5.91 Å². The van der Waals surface area contributed by atoms with Gasteiger partial charge in [0.25, 0.3) is 0 Å². The molecule has 0 saturated carbocycles. The van der Waals surface area contributed by atoms with Gasteiger partial charge in [-0.3, -0.25) is 4.79 Å². The van der Waals surface area contributed by atoms with E-state index in [-0.39, 0.29) is 25.5 Å². The van der Waals surface area contributed by atoms with Crippen LogP contribution in [-0.4, -0.2) is 29.1 Å². The lowest BCUT2D eigenvalue weighted by molar-refractivity contribution is -0.121. The molecule has 1 amide bonds. The number of nitrogens with zero attached hydrogens (tertiary/aromatic N) is 1. The fourth-order valence-corrected chi connectivity index (χ4v) is 2.55. The lowest BCUT2D eigenvalue weighted by Crippen LogP contribution is -2.26. The molecule has 5 heteroatoms. The van der Waals surface area contributed by atoms with Crippen molar-refractivity contribution in [3.8, 4) is 22.6 Å². The fraction of sp³-hybridized carbons (Fsp3) is 0.200. The number of carbonyl (C=O) groups is 1. The molecule has 3 aromatic rings. The maximum absolute atomic E-state index is 11.7. The molecule has 0 bridgehead atoms. The lowest BCUT2D eigenvalue weighted by atomic mass is 10.1. The first kappa shape index (κ1) is 16.9. The van der Waals surface area contributed by atoms with Crippen LogP contribution < -0.4 is 5.32 Å². The van der Waals surface area contributed by atoms with E-state index in [9.17, 15) is 4.79 Å². The van der Waals surface area contributed by atoms with Crippen LogP contribution in [0.25, 0.3) is 22.6 Å². The van der Waals surface area contributed by atoms with Gasteiger partial charge in [-0.2, -0.15) is 0 Å². The number of aliphatic hydroxyl groups excluding tert-OH is 1. The molecular formula is C20H20N2O3. The van der Waals surface area contributed by atoms with Crippen molar-refractivity contribution in [3.05, 3.63) is 66.6 Å². The zero-order valence-electron chi connectivity index (χ0n) is 13.8. The molecular weight excluding hydrogens is 316 g/mol. The number of amides is 1. The zero-order chi connectivity index (χ0) is 17.5. The van der Waals surface area contributed by atoms with E-state index in [1.165, 1.54) is 0 Å². The van der Waals surface area contributed by atoms with E-state index in [1.807, 2.05) is 60.7 Å². The predicted octanol–water partition coefficient (Wildman–Crippen LogP) is 3.05. The number of aryl methyl sites for hydroxylation is 1. The molecule has 0 unspecified atom stereocenters. The molecule has 1 aromatic heterocycles. The minimum absolute atomic E-state index is 0.0684. The molecule has 3 rings (SSSR count). The van der Waals surface area contributed by atoms with E-state index in [2.05, 4.69) is 10.3 Å². The Hall–Kier alpha value is -2.92. The highest BCUT2D eigenvalue weighted by molar-refractivity contribution is 5.77. The van der Waals surface area contributed by atoms with Crippen LogP contribution in [0.2, 0.25) is 0 Å². The van der Waals surface area contributed by atoms with Gasteiger partial charge in [-0.1, -0.05) is 60.7 Å². The van der Waals surface area contributed by atoms with Gasteiger partial charge in [0.1, 0.15) is 5.69 Å². The summed E-state index contributed by atoms with van der Waals surface area (Å²) < 4.78 is 5.97. The molecule has 0 aliphatic rings. The Balaban J connectivity index is 1.86. The Morgan fingerprint density at radius 3 is 2.28 bits per heavy atom. The van der Waals surface area contributed by atoms with Gasteiger partial charge >= 0.3 is 0 Å². The second-order valence-electron chi connectivity index (χ2n) is 5.59. The smallest absolute Gasteiger partial charge is 0.220 e. The van der Waals surface area contributed by atoms with Crippen LogP contribution in [0, 0.1) is 0 Å². The predicted molar refractivity (Wildman–Crippen MR) is 95.8 cm³/mol. The van der Waals surface area contributed by atoms with E-state index in [0.717, 1.165) is 16.8 Å². The molecule has 0 saturated heterocycles. The summed E-state index contributed by atoms with van der Waals surface area (Å²) in [5, 5.41) is 11.4. The van der Waals surface area contributed by atoms with Gasteiger partial charge in [0, 0.05) is 30.5 Å². The second-order valence-corrected chi connectivity index (χ2v) is 5.59. The minimum Gasteiger partial charge on any atom is -0.440 e. The maximum atomic E-state index is 11.7. The summed E-state index contributed by atoms with van der Waals surface area (Å²) in [6.07, 6.45) is 0.674. The van der Waals surface area contributed by atoms with Crippen LogP contribution in [-0.2, 0) is 11.2 Å².